The molecule has 0 amide bonds. The molecule has 0 bridgehead atoms. The Morgan fingerprint density at radius 2 is 1.84 bits per heavy atom. The van der Waals surface area contributed by atoms with Crippen molar-refractivity contribution in [3.63, 3.8) is 0 Å². The molecule has 1 unspecified atom stereocenters. The van der Waals surface area contributed by atoms with Crippen LogP contribution in [0.3, 0.4) is 0 Å². The standard InChI is InChI=1S/C18H28N2O4S/c1-23-13-14-24-16-4-6-17(7-5-16)25(21,22)20-11-8-15(9-12-20)18-3-2-10-19-18/h4-7,15,18-19H,2-3,8-14H2,1H3. The molecule has 6 nitrogen and oxygen atoms in total. The van der Waals surface area contributed by atoms with E-state index in [1.807, 2.05) is 0 Å². The number of nitrogens with zero attached hydrogens (tertiary/aromatic N) is 1. The fourth-order valence-electron chi connectivity index (χ4n) is 3.73. The van der Waals surface area contributed by atoms with Crippen LogP contribution in [0.25, 0.3) is 0 Å². The molecule has 3 rings (SSSR count). The summed E-state index contributed by atoms with van der Waals surface area (Å²) < 4.78 is 37.7. The summed E-state index contributed by atoms with van der Waals surface area (Å²) in [6.45, 7) is 3.27. The average Bonchev–Trinajstić information content (AvgIpc) is 3.17. The minimum atomic E-state index is -3.42. The third-order valence-corrected chi connectivity index (χ3v) is 7.10. The van der Waals surface area contributed by atoms with Gasteiger partial charge in [-0.15, -0.1) is 0 Å². The summed E-state index contributed by atoms with van der Waals surface area (Å²) >= 11 is 0. The molecule has 0 aliphatic carbocycles. The van der Waals surface area contributed by atoms with E-state index in [1.165, 1.54) is 12.8 Å². The summed E-state index contributed by atoms with van der Waals surface area (Å²) in [5.41, 5.74) is 0. The summed E-state index contributed by atoms with van der Waals surface area (Å²) in [6, 6.07) is 7.24. The van der Waals surface area contributed by atoms with Crippen LogP contribution in [0.4, 0.5) is 0 Å². The van der Waals surface area contributed by atoms with Gasteiger partial charge in [-0.3, -0.25) is 0 Å². The lowest BCUT2D eigenvalue weighted by molar-refractivity contribution is 0.146. The van der Waals surface area contributed by atoms with Crippen LogP contribution < -0.4 is 10.1 Å². The molecule has 2 aliphatic heterocycles. The summed E-state index contributed by atoms with van der Waals surface area (Å²) in [4.78, 5) is 0.337. The maximum absolute atomic E-state index is 12.8. The molecule has 25 heavy (non-hydrogen) atoms. The largest absolute Gasteiger partial charge is 0.491 e. The maximum atomic E-state index is 12.8. The number of piperidine rings is 1. The Balaban J connectivity index is 1.58. The van der Waals surface area contributed by atoms with E-state index in [1.54, 1.807) is 35.7 Å². The summed E-state index contributed by atoms with van der Waals surface area (Å²) in [6.07, 6.45) is 4.34. The second kappa shape index (κ2) is 8.49. The van der Waals surface area contributed by atoms with E-state index in [0.717, 1.165) is 19.4 Å². The quantitative estimate of drug-likeness (QED) is 0.744. The first kappa shape index (κ1) is 18.6. The summed E-state index contributed by atoms with van der Waals surface area (Å²) in [5, 5.41) is 3.55. The Hall–Kier alpha value is -1.15. The van der Waals surface area contributed by atoms with Crippen LogP contribution in [0.2, 0.25) is 0 Å². The second-order valence-corrected chi connectivity index (χ2v) is 8.69. The highest BCUT2D eigenvalue weighted by Crippen LogP contribution is 2.29. The Kier molecular flexibility index (Phi) is 6.33. The van der Waals surface area contributed by atoms with Gasteiger partial charge in [-0.05, 0) is 62.4 Å². The normalized spacial score (nSPS) is 23.0. The zero-order valence-corrected chi connectivity index (χ0v) is 15.6. The van der Waals surface area contributed by atoms with Gasteiger partial charge < -0.3 is 14.8 Å². The summed E-state index contributed by atoms with van der Waals surface area (Å²) in [7, 11) is -1.80. The predicted octanol–water partition coefficient (Wildman–Crippen LogP) is 1.86. The fourth-order valence-corrected chi connectivity index (χ4v) is 5.20. The number of benzene rings is 1. The molecule has 1 aromatic rings. The maximum Gasteiger partial charge on any atom is 0.243 e. The molecule has 1 aromatic carbocycles. The van der Waals surface area contributed by atoms with Crippen molar-refractivity contribution in [2.75, 3.05) is 40.0 Å². The molecule has 0 aromatic heterocycles. The Morgan fingerprint density at radius 1 is 1.12 bits per heavy atom. The van der Waals surface area contributed by atoms with E-state index in [0.29, 0.717) is 48.9 Å². The number of sulfonamides is 1. The average molecular weight is 368 g/mol. The molecule has 1 N–H and O–H groups in total. The van der Waals surface area contributed by atoms with Crippen LogP contribution in [-0.4, -0.2) is 58.7 Å². The van der Waals surface area contributed by atoms with Gasteiger partial charge in [0.25, 0.3) is 0 Å². The number of nitrogens with one attached hydrogen (secondary N) is 1. The molecule has 0 saturated carbocycles. The van der Waals surface area contributed by atoms with Crippen molar-refractivity contribution in [1.29, 1.82) is 0 Å². The molecule has 0 spiro atoms. The lowest BCUT2D eigenvalue weighted by atomic mass is 9.89. The third kappa shape index (κ3) is 4.53. The Bertz CT molecular complexity index is 634. The van der Waals surface area contributed by atoms with Crippen molar-refractivity contribution in [1.82, 2.24) is 9.62 Å². The molecular weight excluding hydrogens is 340 g/mol. The van der Waals surface area contributed by atoms with E-state index in [9.17, 15) is 8.42 Å². The van der Waals surface area contributed by atoms with Gasteiger partial charge in [0.15, 0.2) is 0 Å². The van der Waals surface area contributed by atoms with Crippen LogP contribution in [0, 0.1) is 5.92 Å². The van der Waals surface area contributed by atoms with Gasteiger partial charge in [-0.2, -0.15) is 4.31 Å². The van der Waals surface area contributed by atoms with Crippen LogP contribution in [0.1, 0.15) is 25.7 Å². The molecular formula is C18H28N2O4S. The number of hydrogen-bond donors (Lipinski definition) is 1. The van der Waals surface area contributed by atoms with E-state index in [4.69, 9.17) is 9.47 Å². The molecule has 2 saturated heterocycles. The van der Waals surface area contributed by atoms with Crippen molar-refractivity contribution in [2.45, 2.75) is 36.6 Å². The minimum Gasteiger partial charge on any atom is -0.491 e. The SMILES string of the molecule is COCCOc1ccc(S(=O)(=O)N2CCC(C3CCCN3)CC2)cc1. The molecule has 1 atom stereocenters. The van der Waals surface area contributed by atoms with Crippen LogP contribution >= 0.6 is 0 Å². The van der Waals surface area contributed by atoms with Gasteiger partial charge >= 0.3 is 0 Å². The van der Waals surface area contributed by atoms with E-state index < -0.39 is 10.0 Å². The predicted molar refractivity (Wildman–Crippen MR) is 96.3 cm³/mol. The minimum absolute atomic E-state index is 0.337. The van der Waals surface area contributed by atoms with Crippen molar-refractivity contribution in [3.8, 4) is 5.75 Å². The van der Waals surface area contributed by atoms with Crippen LogP contribution in [0.15, 0.2) is 29.2 Å². The highest BCUT2D eigenvalue weighted by atomic mass is 32.2. The molecule has 7 heteroatoms. The Labute approximate surface area is 150 Å². The highest BCUT2D eigenvalue weighted by molar-refractivity contribution is 7.89. The van der Waals surface area contributed by atoms with E-state index >= 15 is 0 Å². The molecule has 2 aliphatic rings. The van der Waals surface area contributed by atoms with Crippen LogP contribution in [0.5, 0.6) is 5.75 Å². The van der Waals surface area contributed by atoms with E-state index in [2.05, 4.69) is 5.32 Å². The van der Waals surface area contributed by atoms with Gasteiger partial charge in [0.05, 0.1) is 11.5 Å². The lowest BCUT2D eigenvalue weighted by Gasteiger charge is -2.34. The van der Waals surface area contributed by atoms with Gasteiger partial charge in [0.1, 0.15) is 12.4 Å². The van der Waals surface area contributed by atoms with Gasteiger partial charge in [0, 0.05) is 26.2 Å². The number of methoxy groups -OCH3 is 1. The molecule has 0 radical (unpaired) electrons. The van der Waals surface area contributed by atoms with E-state index in [-0.39, 0.29) is 0 Å². The topological polar surface area (TPSA) is 67.9 Å². The lowest BCUT2D eigenvalue weighted by Crippen LogP contribution is -2.43. The number of ether oxygens (including phenoxy) is 2. The summed E-state index contributed by atoms with van der Waals surface area (Å²) in [5.74, 6) is 1.26. The highest BCUT2D eigenvalue weighted by Gasteiger charge is 2.33. The first-order chi connectivity index (χ1) is 12.1. The van der Waals surface area contributed by atoms with Gasteiger partial charge in [-0.25, -0.2) is 8.42 Å². The van der Waals surface area contributed by atoms with Gasteiger partial charge in [0.2, 0.25) is 10.0 Å². The second-order valence-electron chi connectivity index (χ2n) is 6.76. The van der Waals surface area contributed by atoms with Crippen molar-refractivity contribution >= 4 is 10.0 Å². The monoisotopic (exact) mass is 368 g/mol. The van der Waals surface area contributed by atoms with Crippen molar-refractivity contribution < 1.29 is 17.9 Å². The molecule has 2 heterocycles. The molecule has 2 fully saturated rings. The van der Waals surface area contributed by atoms with Gasteiger partial charge in [-0.1, -0.05) is 0 Å². The smallest absolute Gasteiger partial charge is 0.243 e. The molecule has 140 valence electrons. The first-order valence-electron chi connectivity index (χ1n) is 9.06. The fraction of sp³-hybridized carbons (Fsp3) is 0.667. The zero-order chi connectivity index (χ0) is 17.7. The third-order valence-electron chi connectivity index (χ3n) is 5.18. The first-order valence-corrected chi connectivity index (χ1v) is 10.5. The zero-order valence-electron chi connectivity index (χ0n) is 14.8. The van der Waals surface area contributed by atoms with Crippen LogP contribution in [-0.2, 0) is 14.8 Å². The van der Waals surface area contributed by atoms with Crippen molar-refractivity contribution in [2.24, 2.45) is 5.92 Å². The number of rotatable bonds is 7. The number of hydrogen-bond acceptors (Lipinski definition) is 5. The Morgan fingerprint density at radius 3 is 2.44 bits per heavy atom. The van der Waals surface area contributed by atoms with Crippen molar-refractivity contribution in [3.05, 3.63) is 24.3 Å².